The zero-order chi connectivity index (χ0) is 6.57. The minimum absolute atomic E-state index is 0.313. The summed E-state index contributed by atoms with van der Waals surface area (Å²) < 4.78 is 0.625. The molecule has 0 aromatic rings. The summed E-state index contributed by atoms with van der Waals surface area (Å²) >= 11 is 4.88. The maximum atomic E-state index is 8.13. The molecule has 0 amide bonds. The second kappa shape index (κ2) is 3.72. The van der Waals surface area contributed by atoms with Gasteiger partial charge in [-0.1, -0.05) is 0 Å². The molecule has 0 rings (SSSR count). The molecule has 0 aliphatic heterocycles. The van der Waals surface area contributed by atoms with E-state index in [-0.39, 0.29) is 0 Å². The van der Waals surface area contributed by atoms with E-state index in [9.17, 15) is 0 Å². The molecule has 0 aromatic heterocycles. The standard InChI is InChI=1S/C4N2Se2/c5-1-3(7)4(8)2-6/b4-3-. The Kier molecular flexibility index (Phi) is 3.61. The van der Waals surface area contributed by atoms with Crippen LogP contribution in [0.4, 0.5) is 0 Å². The Morgan fingerprint density at radius 2 is 1.25 bits per heavy atom. The van der Waals surface area contributed by atoms with E-state index in [2.05, 4.69) is 32.0 Å². The number of rotatable bonds is 0. The average molecular weight is 234 g/mol. The van der Waals surface area contributed by atoms with Crippen molar-refractivity contribution in [1.82, 2.24) is 0 Å². The SMILES string of the molecule is N#C/C([Se])=C(/[Se])C#N. The van der Waals surface area contributed by atoms with Crippen molar-refractivity contribution in [1.29, 1.82) is 10.5 Å². The quantitative estimate of drug-likeness (QED) is 0.422. The Morgan fingerprint density at radius 3 is 1.38 bits per heavy atom. The molecule has 0 unspecified atom stereocenters. The van der Waals surface area contributed by atoms with Crippen molar-refractivity contribution < 1.29 is 0 Å². The van der Waals surface area contributed by atoms with Gasteiger partial charge in [-0.15, -0.1) is 0 Å². The molecule has 0 aromatic carbocycles. The normalized spacial score (nSPS) is 10.8. The first-order chi connectivity index (χ1) is 3.72. The van der Waals surface area contributed by atoms with Gasteiger partial charge in [0.1, 0.15) is 0 Å². The number of nitriles is 2. The molecule has 8 heavy (non-hydrogen) atoms. The predicted octanol–water partition coefficient (Wildman–Crippen LogP) is -0.418. The van der Waals surface area contributed by atoms with Gasteiger partial charge < -0.3 is 0 Å². The topological polar surface area (TPSA) is 47.6 Å². The Hall–Kier alpha value is -0.241. The molecule has 0 heterocycles. The first kappa shape index (κ1) is 7.76. The maximum absolute atomic E-state index is 8.13. The minimum atomic E-state index is 0.313. The summed E-state index contributed by atoms with van der Waals surface area (Å²) in [4.78, 5) is 0. The number of hydrogen-bond donors (Lipinski definition) is 0. The molecule has 0 fully saturated rings. The molecule has 0 N–H and O–H groups in total. The van der Waals surface area contributed by atoms with Crippen molar-refractivity contribution in [3.8, 4) is 12.1 Å². The molecule has 0 aliphatic rings. The van der Waals surface area contributed by atoms with Gasteiger partial charge in [-0.2, -0.15) is 0 Å². The Labute approximate surface area is 63.8 Å². The van der Waals surface area contributed by atoms with Crippen LogP contribution in [0.5, 0.6) is 0 Å². The third-order valence-electron chi connectivity index (χ3n) is 0.409. The summed E-state index contributed by atoms with van der Waals surface area (Å²) in [7, 11) is 0. The van der Waals surface area contributed by atoms with E-state index in [4.69, 9.17) is 10.5 Å². The average Bonchev–Trinajstić information content (AvgIpc) is 1.84. The third kappa shape index (κ3) is 2.17. The molecule has 4 heteroatoms. The van der Waals surface area contributed by atoms with E-state index < -0.39 is 0 Å². The summed E-state index contributed by atoms with van der Waals surface area (Å²) in [6.45, 7) is 0. The Morgan fingerprint density at radius 1 is 1.00 bits per heavy atom. The van der Waals surface area contributed by atoms with Crippen LogP contribution >= 0.6 is 0 Å². The van der Waals surface area contributed by atoms with E-state index in [1.165, 1.54) is 0 Å². The van der Waals surface area contributed by atoms with E-state index >= 15 is 0 Å². The van der Waals surface area contributed by atoms with Crippen molar-refractivity contribution in [2.45, 2.75) is 0 Å². The fourth-order valence-corrected chi connectivity index (χ4v) is 0.293. The molecule has 0 spiro atoms. The summed E-state index contributed by atoms with van der Waals surface area (Å²) in [6.07, 6.45) is 0. The van der Waals surface area contributed by atoms with Crippen molar-refractivity contribution in [3.05, 3.63) is 8.94 Å². The van der Waals surface area contributed by atoms with Crippen LogP contribution in [0.1, 0.15) is 0 Å². The second-order valence-electron chi connectivity index (χ2n) is 0.882. The summed E-state index contributed by atoms with van der Waals surface area (Å²) in [5.41, 5.74) is 0. The van der Waals surface area contributed by atoms with Gasteiger partial charge in [-0.3, -0.25) is 0 Å². The van der Waals surface area contributed by atoms with Gasteiger partial charge in [0, 0.05) is 0 Å². The zero-order valence-corrected chi connectivity index (χ0v) is 7.14. The van der Waals surface area contributed by atoms with Crippen LogP contribution in [-0.2, 0) is 0 Å². The van der Waals surface area contributed by atoms with Gasteiger partial charge in [0.05, 0.1) is 0 Å². The molecule has 0 aliphatic carbocycles. The second-order valence-corrected chi connectivity index (χ2v) is 2.59. The summed E-state index contributed by atoms with van der Waals surface area (Å²) in [6, 6.07) is 3.57. The van der Waals surface area contributed by atoms with Crippen LogP contribution in [0.3, 0.4) is 0 Å². The fourth-order valence-electron chi connectivity index (χ4n) is 0.102. The van der Waals surface area contributed by atoms with Gasteiger partial charge >= 0.3 is 63.6 Å². The van der Waals surface area contributed by atoms with E-state index in [0.717, 1.165) is 0 Å². The van der Waals surface area contributed by atoms with E-state index in [1.807, 2.05) is 0 Å². The Balaban J connectivity index is 4.41. The van der Waals surface area contributed by atoms with Gasteiger partial charge in [0.15, 0.2) is 0 Å². The van der Waals surface area contributed by atoms with Gasteiger partial charge in [0.25, 0.3) is 0 Å². The van der Waals surface area contributed by atoms with Crippen LogP contribution in [0.15, 0.2) is 8.94 Å². The van der Waals surface area contributed by atoms with Crippen LogP contribution in [0.25, 0.3) is 0 Å². The Bertz CT molecular complexity index is 171. The summed E-state index contributed by atoms with van der Waals surface area (Å²) in [5.74, 6) is 0. The van der Waals surface area contributed by atoms with Crippen molar-refractivity contribution in [2.75, 3.05) is 0 Å². The van der Waals surface area contributed by atoms with Crippen molar-refractivity contribution >= 4 is 32.0 Å². The van der Waals surface area contributed by atoms with Crippen LogP contribution in [-0.4, -0.2) is 32.0 Å². The van der Waals surface area contributed by atoms with E-state index in [1.54, 1.807) is 12.1 Å². The molecule has 38 valence electrons. The molecule has 2 radical (unpaired) electrons. The first-order valence-corrected chi connectivity index (χ1v) is 3.32. The summed E-state index contributed by atoms with van der Waals surface area (Å²) in [5, 5.41) is 16.3. The molecule has 2 nitrogen and oxygen atoms in total. The predicted molar refractivity (Wildman–Crippen MR) is 29.8 cm³/mol. The molecule has 0 atom stereocenters. The van der Waals surface area contributed by atoms with Gasteiger partial charge in [-0.25, -0.2) is 0 Å². The van der Waals surface area contributed by atoms with Gasteiger partial charge in [-0.05, 0) is 0 Å². The van der Waals surface area contributed by atoms with Crippen LogP contribution < -0.4 is 0 Å². The molecular weight excluding hydrogens is 234 g/mol. The first-order valence-electron chi connectivity index (χ1n) is 1.61. The van der Waals surface area contributed by atoms with Gasteiger partial charge in [0.2, 0.25) is 0 Å². The third-order valence-corrected chi connectivity index (χ3v) is 2.30. The van der Waals surface area contributed by atoms with Crippen LogP contribution in [0, 0.1) is 22.7 Å². The molecule has 0 saturated heterocycles. The molecule has 0 bridgehead atoms. The monoisotopic (exact) mass is 236 g/mol. The number of hydrogen-bond acceptors (Lipinski definition) is 2. The fraction of sp³-hybridized carbons (Fsp3) is 0. The molecule has 0 saturated carbocycles. The number of allylic oxidation sites excluding steroid dienone is 2. The van der Waals surface area contributed by atoms with Crippen molar-refractivity contribution in [2.24, 2.45) is 0 Å². The van der Waals surface area contributed by atoms with E-state index in [0.29, 0.717) is 8.94 Å². The molecular formula is C4N2Se2. The van der Waals surface area contributed by atoms with Crippen LogP contribution in [0.2, 0.25) is 0 Å². The number of nitrogens with zero attached hydrogens (tertiary/aromatic N) is 2. The zero-order valence-electron chi connectivity index (χ0n) is 3.71. The van der Waals surface area contributed by atoms with Crippen molar-refractivity contribution in [3.63, 3.8) is 0 Å².